The summed E-state index contributed by atoms with van der Waals surface area (Å²) in [5.74, 6) is -1.03. The number of hydrogen-bond acceptors (Lipinski definition) is 4. The first-order chi connectivity index (χ1) is 6.10. The van der Waals surface area contributed by atoms with Gasteiger partial charge >= 0.3 is 5.97 Å². The van der Waals surface area contributed by atoms with Crippen molar-refractivity contribution in [1.82, 2.24) is 5.32 Å². The molecule has 0 aliphatic carbocycles. The molecule has 0 aliphatic heterocycles. The molecule has 0 aromatic heterocycles. The van der Waals surface area contributed by atoms with Crippen molar-refractivity contribution in [3.8, 4) is 0 Å². The zero-order valence-corrected chi connectivity index (χ0v) is 7.45. The second-order valence-corrected chi connectivity index (χ2v) is 2.75. The van der Waals surface area contributed by atoms with Crippen LogP contribution in [0.1, 0.15) is 6.42 Å². The Morgan fingerprint density at radius 1 is 1.77 bits per heavy atom. The van der Waals surface area contributed by atoms with Crippen LogP contribution in [0.25, 0.3) is 0 Å². The van der Waals surface area contributed by atoms with Crippen LogP contribution in [0.15, 0.2) is 0 Å². The second kappa shape index (κ2) is 5.50. The zero-order chi connectivity index (χ0) is 10.3. The van der Waals surface area contributed by atoms with E-state index in [9.17, 15) is 9.59 Å². The highest BCUT2D eigenvalue weighted by atomic mass is 16.5. The lowest BCUT2D eigenvalue weighted by molar-refractivity contribution is -0.139. The van der Waals surface area contributed by atoms with Gasteiger partial charge in [-0.15, -0.1) is 0 Å². The first kappa shape index (κ1) is 11.9. The second-order valence-electron chi connectivity index (χ2n) is 2.75. The van der Waals surface area contributed by atoms with Gasteiger partial charge in [-0.2, -0.15) is 0 Å². The first-order valence-corrected chi connectivity index (χ1v) is 3.72. The van der Waals surface area contributed by atoms with Gasteiger partial charge in [-0.25, -0.2) is 0 Å². The number of nitrogens with one attached hydrogen (secondary N) is 1. The third-order valence-electron chi connectivity index (χ3n) is 1.67. The van der Waals surface area contributed by atoms with E-state index in [1.807, 2.05) is 0 Å². The van der Waals surface area contributed by atoms with Crippen LogP contribution in [0.4, 0.5) is 0 Å². The summed E-state index contributed by atoms with van der Waals surface area (Å²) in [6, 6.07) is 0. The Balaban J connectivity index is 4.41. The normalized spacial score (nSPS) is 14.6. The standard InChI is InChI=1S/C7H14N2O4/c1-13-4-7(3-8,9-5-10)2-6(11)12/h5H,2-4,8H2,1H3,(H,9,10)(H,11,12). The van der Waals surface area contributed by atoms with Gasteiger partial charge < -0.3 is 20.9 Å². The Labute approximate surface area is 76.0 Å². The maximum absolute atomic E-state index is 10.5. The average molecular weight is 190 g/mol. The molecule has 76 valence electrons. The summed E-state index contributed by atoms with van der Waals surface area (Å²) in [5.41, 5.74) is 4.37. The Morgan fingerprint density at radius 2 is 2.38 bits per heavy atom. The van der Waals surface area contributed by atoms with Crippen LogP contribution in [0.2, 0.25) is 0 Å². The van der Waals surface area contributed by atoms with Crippen LogP contribution in [0.3, 0.4) is 0 Å². The summed E-state index contributed by atoms with van der Waals surface area (Å²) >= 11 is 0. The van der Waals surface area contributed by atoms with Gasteiger partial charge in [0.1, 0.15) is 0 Å². The molecule has 0 aromatic rings. The van der Waals surface area contributed by atoms with Crippen LogP contribution in [-0.4, -0.2) is 43.3 Å². The molecule has 0 heterocycles. The molecule has 0 aliphatic rings. The van der Waals surface area contributed by atoms with E-state index in [-0.39, 0.29) is 19.6 Å². The number of aliphatic carboxylic acids is 1. The number of methoxy groups -OCH3 is 1. The van der Waals surface area contributed by atoms with Crippen LogP contribution in [-0.2, 0) is 14.3 Å². The van der Waals surface area contributed by atoms with Crippen LogP contribution < -0.4 is 11.1 Å². The molecule has 1 amide bonds. The maximum Gasteiger partial charge on any atom is 0.305 e. The average Bonchev–Trinajstić information content (AvgIpc) is 2.04. The number of carboxylic acids is 1. The van der Waals surface area contributed by atoms with Crippen LogP contribution in [0.5, 0.6) is 0 Å². The fourth-order valence-corrected chi connectivity index (χ4v) is 1.02. The van der Waals surface area contributed by atoms with Gasteiger partial charge in [0.15, 0.2) is 0 Å². The van der Waals surface area contributed by atoms with E-state index in [1.165, 1.54) is 7.11 Å². The number of ether oxygens (including phenoxy) is 1. The molecule has 0 bridgehead atoms. The lowest BCUT2D eigenvalue weighted by Crippen LogP contribution is -2.55. The summed E-state index contributed by atoms with van der Waals surface area (Å²) in [5, 5.41) is 10.9. The fraction of sp³-hybridized carbons (Fsp3) is 0.714. The van der Waals surface area contributed by atoms with Crippen LogP contribution >= 0.6 is 0 Å². The Morgan fingerprint density at radius 3 is 2.69 bits per heavy atom. The van der Waals surface area contributed by atoms with Crippen molar-refractivity contribution in [1.29, 1.82) is 0 Å². The largest absolute Gasteiger partial charge is 0.481 e. The van der Waals surface area contributed by atoms with E-state index in [2.05, 4.69) is 5.32 Å². The topological polar surface area (TPSA) is 102 Å². The van der Waals surface area contributed by atoms with E-state index in [1.54, 1.807) is 0 Å². The molecule has 0 radical (unpaired) electrons. The molecule has 0 spiro atoms. The minimum absolute atomic E-state index is 0.0197. The van der Waals surface area contributed by atoms with Crippen molar-refractivity contribution in [2.45, 2.75) is 12.0 Å². The molecule has 0 saturated heterocycles. The summed E-state index contributed by atoms with van der Waals surface area (Å²) in [7, 11) is 1.42. The number of carbonyl (C=O) groups is 2. The zero-order valence-electron chi connectivity index (χ0n) is 7.45. The van der Waals surface area contributed by atoms with Gasteiger partial charge in [-0.3, -0.25) is 9.59 Å². The highest BCUT2D eigenvalue weighted by molar-refractivity contribution is 5.69. The molecular weight excluding hydrogens is 176 g/mol. The summed E-state index contributed by atoms with van der Waals surface area (Å²) in [4.78, 5) is 20.7. The first-order valence-electron chi connectivity index (χ1n) is 3.72. The third kappa shape index (κ3) is 3.86. The summed E-state index contributed by atoms with van der Waals surface area (Å²) < 4.78 is 4.79. The minimum Gasteiger partial charge on any atom is -0.481 e. The Hall–Kier alpha value is -1.14. The van der Waals surface area contributed by atoms with E-state index in [0.29, 0.717) is 6.41 Å². The van der Waals surface area contributed by atoms with E-state index < -0.39 is 11.5 Å². The molecule has 1 atom stereocenters. The third-order valence-corrected chi connectivity index (χ3v) is 1.67. The summed E-state index contributed by atoms with van der Waals surface area (Å²) in [6.07, 6.45) is 0.172. The number of carboxylic acid groups (broad SMARTS) is 1. The molecule has 0 saturated carbocycles. The van der Waals surface area contributed by atoms with Crippen molar-refractivity contribution in [2.24, 2.45) is 5.73 Å². The number of carbonyl (C=O) groups excluding carboxylic acids is 1. The lowest BCUT2D eigenvalue weighted by Gasteiger charge is -2.29. The van der Waals surface area contributed by atoms with Crippen LogP contribution in [0, 0.1) is 0 Å². The van der Waals surface area contributed by atoms with Crippen molar-refractivity contribution >= 4 is 12.4 Å². The smallest absolute Gasteiger partial charge is 0.305 e. The molecule has 6 heteroatoms. The molecule has 0 fully saturated rings. The number of amides is 1. The number of rotatable bonds is 7. The molecular formula is C7H14N2O4. The molecule has 6 nitrogen and oxygen atoms in total. The fourth-order valence-electron chi connectivity index (χ4n) is 1.02. The monoisotopic (exact) mass is 190 g/mol. The van der Waals surface area contributed by atoms with Gasteiger partial charge in [-0.1, -0.05) is 0 Å². The number of nitrogens with two attached hydrogens (primary N) is 1. The van der Waals surface area contributed by atoms with Crippen molar-refractivity contribution in [2.75, 3.05) is 20.3 Å². The molecule has 1 unspecified atom stereocenters. The van der Waals surface area contributed by atoms with Gasteiger partial charge in [0.05, 0.1) is 18.6 Å². The molecule has 4 N–H and O–H groups in total. The Bertz CT molecular complexity index is 185. The Kier molecular flexibility index (Phi) is 5.01. The van der Waals surface area contributed by atoms with Gasteiger partial charge in [0.25, 0.3) is 0 Å². The quantitative estimate of drug-likeness (QED) is 0.426. The predicted octanol–water partition coefficient (Wildman–Crippen LogP) is -1.45. The number of hydrogen-bond donors (Lipinski definition) is 3. The minimum atomic E-state index is -1.03. The van der Waals surface area contributed by atoms with Crippen molar-refractivity contribution in [3.05, 3.63) is 0 Å². The summed E-state index contributed by atoms with van der Waals surface area (Å²) in [6.45, 7) is 0.0976. The van der Waals surface area contributed by atoms with Crippen molar-refractivity contribution in [3.63, 3.8) is 0 Å². The lowest BCUT2D eigenvalue weighted by atomic mass is 9.97. The maximum atomic E-state index is 10.5. The van der Waals surface area contributed by atoms with E-state index in [0.717, 1.165) is 0 Å². The van der Waals surface area contributed by atoms with Crippen molar-refractivity contribution < 1.29 is 19.4 Å². The SMILES string of the molecule is COCC(CN)(CC(=O)O)NC=O. The molecule has 0 rings (SSSR count). The highest BCUT2D eigenvalue weighted by Crippen LogP contribution is 2.08. The van der Waals surface area contributed by atoms with Gasteiger partial charge in [0.2, 0.25) is 6.41 Å². The predicted molar refractivity (Wildman–Crippen MR) is 45.1 cm³/mol. The van der Waals surface area contributed by atoms with E-state index in [4.69, 9.17) is 15.6 Å². The molecule has 0 aromatic carbocycles. The molecule has 13 heavy (non-hydrogen) atoms. The van der Waals surface area contributed by atoms with E-state index >= 15 is 0 Å². The van der Waals surface area contributed by atoms with Gasteiger partial charge in [-0.05, 0) is 0 Å². The van der Waals surface area contributed by atoms with Gasteiger partial charge in [0, 0.05) is 13.7 Å². The highest BCUT2D eigenvalue weighted by Gasteiger charge is 2.30.